The van der Waals surface area contributed by atoms with E-state index in [1.807, 2.05) is 5.32 Å². The molecule has 0 saturated carbocycles. The first-order valence-electron chi connectivity index (χ1n) is 6.39. The maximum atomic E-state index is 14.3. The minimum atomic E-state index is -3.84. The number of alkyl halides is 2. The molecule has 0 bridgehead atoms. The molecule has 3 aromatic rings. The Kier molecular flexibility index (Phi) is 3.64. The Hall–Kier alpha value is -2.68. The van der Waals surface area contributed by atoms with Crippen molar-refractivity contribution in [3.8, 4) is 0 Å². The Labute approximate surface area is 133 Å². The smallest absolute Gasteiger partial charge is 0.287 e. The van der Waals surface area contributed by atoms with Gasteiger partial charge in [-0.15, -0.1) is 10.2 Å². The van der Waals surface area contributed by atoms with E-state index in [2.05, 4.69) is 20.3 Å². The van der Waals surface area contributed by atoms with Crippen LogP contribution in [0.25, 0.3) is 5.65 Å². The largest absolute Gasteiger partial charge is 0.366 e. The Morgan fingerprint density at radius 1 is 1.30 bits per heavy atom. The highest BCUT2D eigenvalue weighted by atomic mass is 35.5. The van der Waals surface area contributed by atoms with Crippen molar-refractivity contribution in [3.05, 3.63) is 46.9 Å². The molecule has 0 saturated heterocycles. The Balaban J connectivity index is 1.94. The highest BCUT2D eigenvalue weighted by molar-refractivity contribution is 6.29. The third-order valence-corrected chi connectivity index (χ3v) is 3.25. The average Bonchev–Trinajstić information content (AvgIpc) is 2.90. The molecule has 3 aromatic heterocycles. The monoisotopic (exact) mass is 338 g/mol. The van der Waals surface area contributed by atoms with Crippen molar-refractivity contribution in [2.45, 2.75) is 12.8 Å². The fourth-order valence-electron chi connectivity index (χ4n) is 1.95. The number of halogens is 3. The Morgan fingerprint density at radius 3 is 2.83 bits per heavy atom. The van der Waals surface area contributed by atoms with Crippen molar-refractivity contribution in [3.63, 3.8) is 0 Å². The second kappa shape index (κ2) is 5.51. The summed E-state index contributed by atoms with van der Waals surface area (Å²) < 4.78 is 29.7. The predicted octanol–water partition coefficient (Wildman–Crippen LogP) is 2.21. The molecule has 1 amide bonds. The van der Waals surface area contributed by atoms with Crippen LogP contribution in [0.3, 0.4) is 0 Å². The molecule has 118 valence electrons. The Morgan fingerprint density at radius 2 is 2.09 bits per heavy atom. The lowest BCUT2D eigenvalue weighted by molar-refractivity contribution is -0.141. The van der Waals surface area contributed by atoms with E-state index in [0.29, 0.717) is 0 Å². The number of anilines is 1. The minimum absolute atomic E-state index is 0.0973. The highest BCUT2D eigenvalue weighted by Crippen LogP contribution is 2.29. The minimum Gasteiger partial charge on any atom is -0.287 e. The van der Waals surface area contributed by atoms with Crippen LogP contribution in [-0.2, 0) is 10.7 Å². The molecule has 3 heterocycles. The molecule has 7 nitrogen and oxygen atoms in total. The number of amides is 1. The van der Waals surface area contributed by atoms with Gasteiger partial charge < -0.3 is 0 Å². The fourth-order valence-corrected chi connectivity index (χ4v) is 2.09. The van der Waals surface area contributed by atoms with E-state index >= 15 is 0 Å². The maximum absolute atomic E-state index is 14.3. The van der Waals surface area contributed by atoms with Crippen molar-refractivity contribution < 1.29 is 13.6 Å². The van der Waals surface area contributed by atoms with Crippen LogP contribution in [-0.4, -0.2) is 30.7 Å². The molecule has 0 aliphatic rings. The van der Waals surface area contributed by atoms with Crippen molar-refractivity contribution in [2.24, 2.45) is 0 Å². The number of aryl methyl sites for hydroxylation is 1. The van der Waals surface area contributed by atoms with Crippen LogP contribution in [0, 0.1) is 6.92 Å². The van der Waals surface area contributed by atoms with Crippen molar-refractivity contribution in [1.29, 1.82) is 0 Å². The van der Waals surface area contributed by atoms with Crippen LogP contribution in [0.2, 0.25) is 5.15 Å². The number of aromatic nitrogens is 5. The van der Waals surface area contributed by atoms with Gasteiger partial charge in [0.15, 0.2) is 5.65 Å². The number of hydrogen-bond donors (Lipinski definition) is 1. The maximum Gasteiger partial charge on any atom is 0.366 e. The summed E-state index contributed by atoms with van der Waals surface area (Å²) in [6.07, 6.45) is 1.19. The van der Waals surface area contributed by atoms with Gasteiger partial charge in [-0.3, -0.25) is 15.1 Å². The summed E-state index contributed by atoms with van der Waals surface area (Å²) in [7, 11) is 0. The molecule has 0 fully saturated rings. The number of hydrogen-bond acceptors (Lipinski definition) is 5. The lowest BCUT2D eigenvalue weighted by Gasteiger charge is -2.16. The predicted molar refractivity (Wildman–Crippen MR) is 77.3 cm³/mol. The molecule has 0 aliphatic heterocycles. The first kappa shape index (κ1) is 15.2. The average molecular weight is 339 g/mol. The SMILES string of the molecule is Cc1cccnc1C(F)(F)C(=O)Nc1nnc2ccc(Cl)nn12. The quantitative estimate of drug-likeness (QED) is 0.791. The second-order valence-electron chi connectivity index (χ2n) is 4.65. The molecular formula is C13H9ClF2N6O. The lowest BCUT2D eigenvalue weighted by Crippen LogP contribution is -2.34. The van der Waals surface area contributed by atoms with Crippen LogP contribution in [0.4, 0.5) is 14.7 Å². The number of carbonyl (C=O) groups is 1. The normalized spacial score (nSPS) is 11.7. The van der Waals surface area contributed by atoms with Crippen molar-refractivity contribution >= 4 is 29.1 Å². The first-order chi connectivity index (χ1) is 10.9. The zero-order valence-electron chi connectivity index (χ0n) is 11.7. The number of rotatable bonds is 3. The summed E-state index contributed by atoms with van der Waals surface area (Å²) in [4.78, 5) is 15.6. The van der Waals surface area contributed by atoms with Gasteiger partial charge in [-0.05, 0) is 30.7 Å². The molecular weight excluding hydrogens is 330 g/mol. The second-order valence-corrected chi connectivity index (χ2v) is 5.03. The van der Waals surface area contributed by atoms with Crippen molar-refractivity contribution in [2.75, 3.05) is 5.32 Å². The number of pyridine rings is 1. The van der Waals surface area contributed by atoms with Gasteiger partial charge in [-0.25, -0.2) is 0 Å². The standard InChI is InChI=1S/C13H9ClF2N6O/c1-7-3-2-6-17-10(7)13(15,16)11(23)18-12-20-19-9-5-4-8(14)21-22(9)12/h2-6H,1H3,(H,18,20,23). The summed E-state index contributed by atoms with van der Waals surface area (Å²) in [5.41, 5.74) is -0.181. The summed E-state index contributed by atoms with van der Waals surface area (Å²) in [5, 5.41) is 13.3. The summed E-state index contributed by atoms with van der Waals surface area (Å²) >= 11 is 5.73. The zero-order valence-corrected chi connectivity index (χ0v) is 12.4. The third-order valence-electron chi connectivity index (χ3n) is 3.05. The van der Waals surface area contributed by atoms with Crippen LogP contribution in [0.1, 0.15) is 11.3 Å². The number of nitrogens with one attached hydrogen (secondary N) is 1. The van der Waals surface area contributed by atoms with Gasteiger partial charge in [-0.2, -0.15) is 18.4 Å². The van der Waals surface area contributed by atoms with Gasteiger partial charge in [-0.1, -0.05) is 17.7 Å². The number of nitrogens with zero attached hydrogens (tertiary/aromatic N) is 5. The van der Waals surface area contributed by atoms with Crippen LogP contribution in [0.5, 0.6) is 0 Å². The van der Waals surface area contributed by atoms with Gasteiger partial charge in [0, 0.05) is 6.20 Å². The zero-order chi connectivity index (χ0) is 16.6. The summed E-state index contributed by atoms with van der Waals surface area (Å²) in [6, 6.07) is 5.89. The lowest BCUT2D eigenvalue weighted by atomic mass is 10.1. The first-order valence-corrected chi connectivity index (χ1v) is 6.76. The van der Waals surface area contributed by atoms with Gasteiger partial charge in [0.25, 0.3) is 5.95 Å². The third kappa shape index (κ3) is 2.70. The summed E-state index contributed by atoms with van der Waals surface area (Å²) in [5.74, 6) is -5.69. The van der Waals surface area contributed by atoms with Crippen LogP contribution in [0.15, 0.2) is 30.5 Å². The van der Waals surface area contributed by atoms with E-state index in [1.54, 1.807) is 0 Å². The van der Waals surface area contributed by atoms with E-state index in [9.17, 15) is 13.6 Å². The van der Waals surface area contributed by atoms with Gasteiger partial charge in [0.1, 0.15) is 10.8 Å². The number of fused-ring (bicyclic) bond motifs is 1. The molecule has 0 aliphatic carbocycles. The molecule has 1 N–H and O–H groups in total. The van der Waals surface area contributed by atoms with E-state index in [1.165, 1.54) is 37.4 Å². The summed E-state index contributed by atoms with van der Waals surface area (Å²) in [6.45, 7) is 1.44. The molecule has 0 aromatic carbocycles. The van der Waals surface area contributed by atoms with E-state index < -0.39 is 17.5 Å². The molecule has 10 heteroatoms. The van der Waals surface area contributed by atoms with Crippen LogP contribution >= 0.6 is 11.6 Å². The highest BCUT2D eigenvalue weighted by Gasteiger charge is 2.44. The van der Waals surface area contributed by atoms with E-state index in [0.717, 1.165) is 4.52 Å². The molecule has 0 radical (unpaired) electrons. The topological polar surface area (TPSA) is 85.1 Å². The van der Waals surface area contributed by atoms with Gasteiger partial charge >= 0.3 is 11.8 Å². The Bertz CT molecular complexity index is 897. The molecule has 0 spiro atoms. The van der Waals surface area contributed by atoms with Gasteiger partial charge in [0.05, 0.1) is 0 Å². The number of carbonyl (C=O) groups excluding carboxylic acids is 1. The van der Waals surface area contributed by atoms with Crippen LogP contribution < -0.4 is 5.32 Å². The molecule has 23 heavy (non-hydrogen) atoms. The molecule has 0 atom stereocenters. The molecule has 3 rings (SSSR count). The fraction of sp³-hybridized carbons (Fsp3) is 0.154. The van der Waals surface area contributed by atoms with E-state index in [4.69, 9.17) is 11.6 Å². The van der Waals surface area contributed by atoms with E-state index in [-0.39, 0.29) is 22.3 Å². The molecule has 0 unspecified atom stereocenters. The van der Waals surface area contributed by atoms with Gasteiger partial charge in [0.2, 0.25) is 0 Å². The van der Waals surface area contributed by atoms with Crippen molar-refractivity contribution in [1.82, 2.24) is 24.8 Å².